The summed E-state index contributed by atoms with van der Waals surface area (Å²) >= 11 is 5.80. The number of phenolic OH excluding ortho intramolecular Hbond substituents is 1. The maximum atomic E-state index is 11.7. The second kappa shape index (κ2) is 4.21. The number of carbonyl (C=O) groups is 1. The first-order valence-corrected chi connectivity index (χ1v) is 5.02. The van der Waals surface area contributed by atoms with Crippen molar-refractivity contribution in [3.63, 3.8) is 0 Å². The van der Waals surface area contributed by atoms with E-state index in [2.05, 4.69) is 0 Å². The van der Waals surface area contributed by atoms with Crippen molar-refractivity contribution in [1.82, 2.24) is 0 Å². The van der Waals surface area contributed by atoms with Gasteiger partial charge in [-0.2, -0.15) is 0 Å². The van der Waals surface area contributed by atoms with Gasteiger partial charge in [0.15, 0.2) is 5.78 Å². The molecule has 0 bridgehead atoms. The fraction of sp³-hybridized carbons (Fsp3) is 0.364. The summed E-state index contributed by atoms with van der Waals surface area (Å²) < 4.78 is 0. The fourth-order valence-corrected chi connectivity index (χ4v) is 1.65. The number of nitrogens with two attached hydrogens (primary N) is 1. The third-order valence-electron chi connectivity index (χ3n) is 2.43. The summed E-state index contributed by atoms with van der Waals surface area (Å²) in [5, 5.41) is 9.90. The molecule has 3 nitrogen and oxygen atoms in total. The summed E-state index contributed by atoms with van der Waals surface area (Å²) in [6, 6.07) is 0.983. The minimum absolute atomic E-state index is 0.179. The third-order valence-corrected chi connectivity index (χ3v) is 2.72. The summed E-state index contributed by atoms with van der Waals surface area (Å²) in [5.74, 6) is -0.474. The number of aryl methyl sites for hydroxylation is 1. The predicted molar refractivity (Wildman–Crippen MR) is 60.6 cm³/mol. The van der Waals surface area contributed by atoms with E-state index in [9.17, 15) is 9.90 Å². The van der Waals surface area contributed by atoms with Gasteiger partial charge in [0.2, 0.25) is 0 Å². The molecule has 0 saturated heterocycles. The molecule has 0 aliphatic rings. The van der Waals surface area contributed by atoms with Crippen molar-refractivity contribution in [1.29, 1.82) is 0 Å². The van der Waals surface area contributed by atoms with Gasteiger partial charge in [0.1, 0.15) is 5.75 Å². The molecule has 1 aromatic carbocycles. The van der Waals surface area contributed by atoms with E-state index in [0.29, 0.717) is 0 Å². The Kier molecular flexibility index (Phi) is 3.37. The maximum absolute atomic E-state index is 11.7. The van der Waals surface area contributed by atoms with E-state index in [1.54, 1.807) is 19.9 Å². The lowest BCUT2D eigenvalue weighted by Crippen LogP contribution is -2.27. The van der Waals surface area contributed by atoms with E-state index >= 15 is 0 Å². The van der Waals surface area contributed by atoms with Crippen LogP contribution in [0.5, 0.6) is 5.75 Å². The number of halogens is 1. The van der Waals surface area contributed by atoms with Crippen LogP contribution in [-0.2, 0) is 0 Å². The number of hydrogen-bond acceptors (Lipinski definition) is 3. The van der Waals surface area contributed by atoms with Crippen LogP contribution in [-0.4, -0.2) is 16.9 Å². The first-order chi connectivity index (χ1) is 6.86. The molecule has 0 saturated carbocycles. The van der Waals surface area contributed by atoms with E-state index in [1.807, 2.05) is 6.92 Å². The van der Waals surface area contributed by atoms with Gasteiger partial charge in [-0.1, -0.05) is 11.6 Å². The Balaban J connectivity index is 3.46. The number of phenols is 1. The zero-order valence-corrected chi connectivity index (χ0v) is 9.72. The SMILES string of the molecule is Cc1cc(Cl)c(O)c(C(=O)C(C)N)c1C. The molecule has 0 spiro atoms. The highest BCUT2D eigenvalue weighted by molar-refractivity contribution is 6.33. The fourth-order valence-electron chi connectivity index (χ4n) is 1.39. The second-order valence-electron chi connectivity index (χ2n) is 3.68. The van der Waals surface area contributed by atoms with Crippen LogP contribution < -0.4 is 5.73 Å². The first kappa shape index (κ1) is 12.0. The predicted octanol–water partition coefficient (Wildman–Crippen LogP) is 2.19. The molecule has 1 aromatic rings. The summed E-state index contributed by atoms with van der Waals surface area (Å²) in [6.07, 6.45) is 0. The van der Waals surface area contributed by atoms with Gasteiger partial charge in [-0.15, -0.1) is 0 Å². The molecule has 1 rings (SSSR count). The second-order valence-corrected chi connectivity index (χ2v) is 4.08. The van der Waals surface area contributed by atoms with Crippen LogP contribution in [0.25, 0.3) is 0 Å². The Hall–Kier alpha value is -1.06. The molecule has 4 heteroatoms. The number of carbonyl (C=O) groups excluding carboxylic acids is 1. The van der Waals surface area contributed by atoms with Gasteiger partial charge in [0, 0.05) is 0 Å². The molecule has 0 aromatic heterocycles. The average molecular weight is 228 g/mol. The zero-order valence-electron chi connectivity index (χ0n) is 8.97. The Morgan fingerprint density at radius 3 is 2.53 bits per heavy atom. The summed E-state index contributed by atoms with van der Waals surface area (Å²) in [4.78, 5) is 11.7. The van der Waals surface area contributed by atoms with Gasteiger partial charge in [-0.3, -0.25) is 4.79 Å². The van der Waals surface area contributed by atoms with Crippen LogP contribution in [0.15, 0.2) is 6.07 Å². The molecule has 0 fully saturated rings. The average Bonchev–Trinajstić information content (AvgIpc) is 2.15. The van der Waals surface area contributed by atoms with Crippen LogP contribution in [0.3, 0.4) is 0 Å². The molecule has 1 unspecified atom stereocenters. The van der Waals surface area contributed by atoms with Crippen LogP contribution in [0, 0.1) is 13.8 Å². The molecular formula is C11H14ClNO2. The summed E-state index contributed by atoms with van der Waals surface area (Å²) in [5.41, 5.74) is 7.32. The Bertz CT molecular complexity index is 387. The number of aromatic hydroxyl groups is 1. The van der Waals surface area contributed by atoms with E-state index < -0.39 is 6.04 Å². The van der Waals surface area contributed by atoms with Crippen molar-refractivity contribution < 1.29 is 9.90 Å². The molecule has 0 aliphatic carbocycles. The van der Waals surface area contributed by atoms with Crippen LogP contribution in [0.1, 0.15) is 28.4 Å². The van der Waals surface area contributed by atoms with Gasteiger partial charge >= 0.3 is 0 Å². The Morgan fingerprint density at radius 2 is 2.07 bits per heavy atom. The molecule has 15 heavy (non-hydrogen) atoms. The molecule has 3 N–H and O–H groups in total. The van der Waals surface area contributed by atoms with Crippen molar-refractivity contribution in [3.05, 3.63) is 27.8 Å². The number of ketones is 1. The van der Waals surface area contributed by atoms with Crippen molar-refractivity contribution in [3.8, 4) is 5.75 Å². The number of hydrogen-bond donors (Lipinski definition) is 2. The van der Waals surface area contributed by atoms with Crippen molar-refractivity contribution >= 4 is 17.4 Å². The van der Waals surface area contributed by atoms with Gasteiger partial charge in [0.05, 0.1) is 16.6 Å². The number of benzene rings is 1. The van der Waals surface area contributed by atoms with Crippen molar-refractivity contribution in [2.45, 2.75) is 26.8 Å². The normalized spacial score (nSPS) is 12.6. The van der Waals surface area contributed by atoms with E-state index in [4.69, 9.17) is 17.3 Å². The lowest BCUT2D eigenvalue weighted by Gasteiger charge is -2.13. The minimum Gasteiger partial charge on any atom is -0.506 e. The maximum Gasteiger partial charge on any atom is 0.183 e. The summed E-state index contributed by atoms with van der Waals surface area (Å²) in [7, 11) is 0. The van der Waals surface area contributed by atoms with Crippen molar-refractivity contribution in [2.75, 3.05) is 0 Å². The lowest BCUT2D eigenvalue weighted by molar-refractivity contribution is 0.0964. The highest BCUT2D eigenvalue weighted by Crippen LogP contribution is 2.32. The topological polar surface area (TPSA) is 63.3 Å². The highest BCUT2D eigenvalue weighted by atomic mass is 35.5. The van der Waals surface area contributed by atoms with Gasteiger partial charge < -0.3 is 10.8 Å². The molecule has 1 atom stereocenters. The molecular weight excluding hydrogens is 214 g/mol. The van der Waals surface area contributed by atoms with E-state index in [1.165, 1.54) is 0 Å². The molecule has 0 aliphatic heterocycles. The zero-order chi connectivity index (χ0) is 11.7. The molecule has 82 valence electrons. The quantitative estimate of drug-likeness (QED) is 0.762. The third kappa shape index (κ3) is 2.13. The summed E-state index contributed by atoms with van der Waals surface area (Å²) in [6.45, 7) is 5.18. The molecule has 0 heterocycles. The highest BCUT2D eigenvalue weighted by Gasteiger charge is 2.21. The number of Topliss-reactive ketones (excluding diaryl/α,β-unsaturated/α-hetero) is 1. The standard InChI is InChI=1S/C11H14ClNO2/c1-5-4-8(12)11(15)9(6(5)2)10(14)7(3)13/h4,7,15H,13H2,1-3H3. The monoisotopic (exact) mass is 227 g/mol. The lowest BCUT2D eigenvalue weighted by atomic mass is 9.96. The van der Waals surface area contributed by atoms with E-state index in [-0.39, 0.29) is 22.1 Å². The molecule has 0 amide bonds. The van der Waals surface area contributed by atoms with Crippen molar-refractivity contribution in [2.24, 2.45) is 5.73 Å². The molecule has 0 radical (unpaired) electrons. The largest absolute Gasteiger partial charge is 0.506 e. The van der Waals surface area contributed by atoms with Gasteiger partial charge in [-0.25, -0.2) is 0 Å². The van der Waals surface area contributed by atoms with Crippen LogP contribution >= 0.6 is 11.6 Å². The van der Waals surface area contributed by atoms with Gasteiger partial charge in [0.25, 0.3) is 0 Å². The number of rotatable bonds is 2. The Labute approximate surface area is 93.9 Å². The smallest absolute Gasteiger partial charge is 0.183 e. The minimum atomic E-state index is -0.646. The van der Waals surface area contributed by atoms with Crippen LogP contribution in [0.4, 0.5) is 0 Å². The first-order valence-electron chi connectivity index (χ1n) is 4.64. The van der Waals surface area contributed by atoms with Gasteiger partial charge in [-0.05, 0) is 38.0 Å². The van der Waals surface area contributed by atoms with E-state index in [0.717, 1.165) is 11.1 Å². The Morgan fingerprint density at radius 1 is 1.53 bits per heavy atom. The van der Waals surface area contributed by atoms with Crippen LogP contribution in [0.2, 0.25) is 5.02 Å².